The number of alkyl halides is 2. The first-order chi connectivity index (χ1) is 23.5. The molecule has 0 N–H and O–H groups in total. The van der Waals surface area contributed by atoms with Crippen molar-refractivity contribution in [3.63, 3.8) is 0 Å². The number of methoxy groups -OCH3 is 2. The molecule has 0 atom stereocenters. The Morgan fingerprint density at radius 2 is 1.00 bits per heavy atom. The smallest absolute Gasteiger partial charge is 0.506 e. The summed E-state index contributed by atoms with van der Waals surface area (Å²) < 4.78 is 38.0. The van der Waals surface area contributed by atoms with Crippen molar-refractivity contribution in [2.75, 3.05) is 102 Å². The molecule has 282 valence electrons. The Labute approximate surface area is 327 Å². The maximum absolute atomic E-state index is 13.0. The molecule has 0 saturated heterocycles. The Balaban J connectivity index is 0.000000334. The van der Waals surface area contributed by atoms with Gasteiger partial charge < -0.3 is 38.2 Å². The molecule has 1 aliphatic carbocycles. The Bertz CT molecular complexity index is 1410. The SMILES string of the molecule is CCC[I-]n1[cH-]n([I-]CCC)c2c(=O)c3ccccc3c(=O)c1=2.COCCOCCOCCN1C=CN(CCOCCOCCOC)[CH-]1.[Au+3]. The van der Waals surface area contributed by atoms with Gasteiger partial charge in [0.25, 0.3) is 0 Å². The van der Waals surface area contributed by atoms with Gasteiger partial charge in [-0.15, -0.1) is 0 Å². The summed E-state index contributed by atoms with van der Waals surface area (Å²) in [5.41, 5.74) is 0.0375. The van der Waals surface area contributed by atoms with Crippen molar-refractivity contribution in [2.24, 2.45) is 0 Å². The molecule has 0 bridgehead atoms. The molecule has 0 unspecified atom stereocenters. The predicted molar refractivity (Wildman–Crippen MR) is 178 cm³/mol. The van der Waals surface area contributed by atoms with E-state index in [-0.39, 0.29) is 76.2 Å². The molecule has 0 fully saturated rings. The third-order valence-corrected chi connectivity index (χ3v) is 12.9. The normalized spacial score (nSPS) is 12.7. The molecule has 0 radical (unpaired) electrons. The van der Waals surface area contributed by atoms with Crippen LogP contribution in [0.2, 0.25) is 0 Å². The average molecular weight is 1100 g/mol. The molecule has 0 amide bonds. The van der Waals surface area contributed by atoms with Crippen LogP contribution in [0.25, 0.3) is 10.8 Å². The predicted octanol–water partition coefficient (Wildman–Crippen LogP) is -3.32. The number of hydrogen-bond acceptors (Lipinski definition) is 10. The second kappa shape index (κ2) is 26.8. The minimum absolute atomic E-state index is 0. The number of hydrogen-bond donors (Lipinski definition) is 0. The summed E-state index contributed by atoms with van der Waals surface area (Å²) in [6.45, 7) is 14.2. The third-order valence-electron chi connectivity index (χ3n) is 6.85. The first-order valence-corrected chi connectivity index (χ1v) is 21.4. The van der Waals surface area contributed by atoms with Crippen LogP contribution in [0.3, 0.4) is 0 Å². The van der Waals surface area contributed by atoms with Crippen molar-refractivity contribution >= 4 is 10.8 Å². The number of fused-ring (bicyclic) bond motifs is 1. The average Bonchev–Trinajstić information content (AvgIpc) is 3.72. The van der Waals surface area contributed by atoms with Gasteiger partial charge in [0.15, 0.2) is 0 Å². The van der Waals surface area contributed by atoms with Gasteiger partial charge in [0.1, 0.15) is 0 Å². The van der Waals surface area contributed by atoms with Gasteiger partial charge in [-0.1, -0.05) is 0 Å². The van der Waals surface area contributed by atoms with E-state index in [1.54, 1.807) is 26.4 Å². The quantitative estimate of drug-likeness (QED) is 0.0298. The first-order valence-electron chi connectivity index (χ1n) is 16.4. The molecule has 0 aromatic heterocycles. The summed E-state index contributed by atoms with van der Waals surface area (Å²) in [7, 11) is 3.32. The van der Waals surface area contributed by atoms with Gasteiger partial charge in [0.05, 0.1) is 66.1 Å². The van der Waals surface area contributed by atoms with Crippen molar-refractivity contribution < 1.29 is 93.8 Å². The minimum atomic E-state index is -0.282. The number of ether oxygens (including phenoxy) is 6. The van der Waals surface area contributed by atoms with E-state index in [1.165, 1.54) is 0 Å². The van der Waals surface area contributed by atoms with E-state index in [1.807, 2.05) is 24.5 Å². The van der Waals surface area contributed by atoms with Crippen LogP contribution in [0.4, 0.5) is 0 Å². The number of aromatic nitrogens is 2. The van der Waals surface area contributed by atoms with Crippen LogP contribution in [0.1, 0.15) is 26.7 Å². The van der Waals surface area contributed by atoms with Gasteiger partial charge in [-0.2, -0.15) is 6.67 Å². The van der Waals surface area contributed by atoms with Gasteiger partial charge in [-0.25, -0.2) is 0 Å². The number of benzene rings is 1. The van der Waals surface area contributed by atoms with Crippen LogP contribution in [-0.2, 0) is 50.8 Å². The maximum atomic E-state index is 13.0. The fraction of sp³-hybridized carbons (Fsp3) is 0.588. The van der Waals surface area contributed by atoms with E-state index in [0.29, 0.717) is 87.5 Å². The topological polar surface area (TPSA) is 106 Å². The van der Waals surface area contributed by atoms with Gasteiger partial charge in [-0.3, -0.25) is 0 Å². The second-order valence-corrected chi connectivity index (χ2v) is 16.2. The van der Waals surface area contributed by atoms with Crippen LogP contribution >= 0.6 is 0 Å². The fourth-order valence-electron chi connectivity index (χ4n) is 4.45. The molecular weight excluding hydrogens is 1040 g/mol. The zero-order chi connectivity index (χ0) is 34.4. The van der Waals surface area contributed by atoms with Gasteiger partial charge >= 0.3 is 179 Å². The van der Waals surface area contributed by atoms with Crippen molar-refractivity contribution in [3.8, 4) is 0 Å². The molecule has 0 saturated carbocycles. The number of nitrogens with zero attached hydrogens (tertiary/aromatic N) is 4. The van der Waals surface area contributed by atoms with Gasteiger partial charge in [0.2, 0.25) is 0 Å². The molecule has 2 aliphatic heterocycles. The molecule has 12 nitrogen and oxygen atoms in total. The molecule has 4 rings (SSSR count). The van der Waals surface area contributed by atoms with Crippen molar-refractivity contribution in [2.45, 2.75) is 26.7 Å². The minimum Gasteiger partial charge on any atom is -0.506 e. The van der Waals surface area contributed by atoms with Crippen LogP contribution < -0.4 is 53.8 Å². The summed E-state index contributed by atoms with van der Waals surface area (Å²) in [5, 5.41) is 2.41. The Kier molecular flexibility index (Phi) is 24.2. The largest absolute Gasteiger partial charge is 3.00 e. The summed E-state index contributed by atoms with van der Waals surface area (Å²) in [4.78, 5) is 30.1. The molecule has 1 aromatic carbocycles. The van der Waals surface area contributed by atoms with Gasteiger partial charge in [0, 0.05) is 27.3 Å². The Hall–Kier alpha value is -0.930. The van der Waals surface area contributed by atoms with E-state index in [4.69, 9.17) is 28.4 Å². The van der Waals surface area contributed by atoms with E-state index in [9.17, 15) is 9.59 Å². The molecule has 15 heteroatoms. The van der Waals surface area contributed by atoms with Crippen molar-refractivity contribution in [1.82, 2.24) is 15.4 Å². The summed E-state index contributed by atoms with van der Waals surface area (Å²) in [6, 6.07) is 7.22. The van der Waals surface area contributed by atoms with Crippen LogP contribution in [0, 0.1) is 17.4 Å². The third kappa shape index (κ3) is 15.3. The molecule has 2 heterocycles. The molecule has 0 spiro atoms. The van der Waals surface area contributed by atoms with Crippen LogP contribution in [0.15, 0.2) is 52.6 Å². The summed E-state index contributed by atoms with van der Waals surface area (Å²) >= 11 is -0.564. The summed E-state index contributed by atoms with van der Waals surface area (Å²) in [6.07, 6.45) is 8.35. The second-order valence-electron chi connectivity index (χ2n) is 10.6. The Morgan fingerprint density at radius 3 is 1.39 bits per heavy atom. The zero-order valence-electron chi connectivity index (χ0n) is 29.0. The molecule has 3 aliphatic rings. The van der Waals surface area contributed by atoms with E-state index < -0.39 is 0 Å². The number of rotatable bonds is 24. The van der Waals surface area contributed by atoms with Crippen LogP contribution in [0.5, 0.6) is 0 Å². The van der Waals surface area contributed by atoms with E-state index in [2.05, 4.69) is 42.2 Å². The van der Waals surface area contributed by atoms with Crippen molar-refractivity contribution in [3.05, 3.63) is 80.8 Å². The number of halogens is 2. The van der Waals surface area contributed by atoms with E-state index in [0.717, 1.165) is 34.8 Å². The van der Waals surface area contributed by atoms with E-state index >= 15 is 0 Å². The monoisotopic (exact) mass is 1100 g/mol. The zero-order valence-corrected chi connectivity index (χ0v) is 35.5. The molecular formula is C34H52AuI2N4O8-. The maximum Gasteiger partial charge on any atom is 3.00 e. The first kappa shape index (κ1) is 44.2. The fourth-order valence-corrected chi connectivity index (χ4v) is 9.36. The molecule has 49 heavy (non-hydrogen) atoms. The van der Waals surface area contributed by atoms with Crippen LogP contribution in [-0.4, -0.2) is 118 Å². The standard InChI is InChI=1S/C17H19I2N2O2.C17H33N2O6.Au/c1-3-9-18-20-11-21(19-10-4-2)15-14(20)16(22)12-7-5-6-8-13(12)17(15)23;1-20-9-11-24-15-13-22-7-5-18-3-4-19(17-18)6-8-23-14-16-25-12-10-21-2;/h5-8,11H,3-4,9-10H2,1-2H3;3-4,17H,5-16H2,1-2H3;/q-3;-1;+3. The molecule has 1 aromatic rings. The Morgan fingerprint density at radius 1 is 0.612 bits per heavy atom. The summed E-state index contributed by atoms with van der Waals surface area (Å²) in [5.74, 6) is 0. The van der Waals surface area contributed by atoms with Crippen molar-refractivity contribution in [1.29, 1.82) is 0 Å². The van der Waals surface area contributed by atoms with Gasteiger partial charge in [-0.05, 0) is 12.4 Å².